The zero-order chi connectivity index (χ0) is 14.5. The molecule has 3 nitrogen and oxygen atoms in total. The van der Waals surface area contributed by atoms with Gasteiger partial charge in [0.15, 0.2) is 5.78 Å². The number of carbonyl (C=O) groups is 1. The Morgan fingerprint density at radius 3 is 2.55 bits per heavy atom. The van der Waals surface area contributed by atoms with Crippen LogP contribution < -0.4 is 0 Å². The largest absolute Gasteiger partial charge is 0.309 e. The number of hydrogen-bond donors (Lipinski definition) is 0. The van der Waals surface area contributed by atoms with Crippen molar-refractivity contribution in [1.82, 2.24) is 9.80 Å². The zero-order valence-electron chi connectivity index (χ0n) is 12.3. The second kappa shape index (κ2) is 6.95. The minimum absolute atomic E-state index is 0.117. The maximum atomic E-state index is 13.6. The van der Waals surface area contributed by atoms with Gasteiger partial charge in [-0.2, -0.15) is 0 Å². The number of benzene rings is 1. The minimum atomic E-state index is -0.417. The summed E-state index contributed by atoms with van der Waals surface area (Å²) >= 11 is 0. The van der Waals surface area contributed by atoms with Gasteiger partial charge in [-0.05, 0) is 58.1 Å². The van der Waals surface area contributed by atoms with Gasteiger partial charge in [-0.3, -0.25) is 9.69 Å². The smallest absolute Gasteiger partial charge is 0.179 e. The molecule has 0 radical (unpaired) electrons. The Morgan fingerprint density at radius 2 is 1.95 bits per heavy atom. The molecule has 1 heterocycles. The van der Waals surface area contributed by atoms with Gasteiger partial charge < -0.3 is 4.90 Å². The molecule has 110 valence electrons. The van der Waals surface area contributed by atoms with Crippen LogP contribution >= 0.6 is 0 Å². The predicted octanol–water partition coefficient (Wildman–Crippen LogP) is 2.28. The highest BCUT2D eigenvalue weighted by molar-refractivity contribution is 5.97. The molecule has 0 aromatic heterocycles. The number of piperidine rings is 1. The minimum Gasteiger partial charge on any atom is -0.309 e. The van der Waals surface area contributed by atoms with Crippen LogP contribution in [0.4, 0.5) is 4.39 Å². The van der Waals surface area contributed by atoms with Crippen molar-refractivity contribution in [2.75, 3.05) is 40.3 Å². The van der Waals surface area contributed by atoms with E-state index in [1.165, 1.54) is 6.07 Å². The number of carbonyl (C=O) groups excluding carboxylic acids is 1. The second-order valence-corrected chi connectivity index (χ2v) is 5.88. The van der Waals surface area contributed by atoms with E-state index in [9.17, 15) is 9.18 Å². The van der Waals surface area contributed by atoms with E-state index < -0.39 is 5.82 Å². The summed E-state index contributed by atoms with van der Waals surface area (Å²) in [6.45, 7) is 3.29. The maximum Gasteiger partial charge on any atom is 0.179 e. The van der Waals surface area contributed by atoms with Gasteiger partial charge in [0.1, 0.15) is 5.82 Å². The van der Waals surface area contributed by atoms with Crippen LogP contribution in [0.2, 0.25) is 0 Å². The molecule has 1 fully saturated rings. The highest BCUT2D eigenvalue weighted by Gasteiger charge is 2.22. The maximum absolute atomic E-state index is 13.6. The summed E-state index contributed by atoms with van der Waals surface area (Å²) in [6, 6.07) is 6.23. The number of hydrogen-bond acceptors (Lipinski definition) is 3. The number of Topliss-reactive ketones (excluding diaryl/α,β-unsaturated/α-hetero) is 1. The highest BCUT2D eigenvalue weighted by atomic mass is 19.1. The molecule has 0 bridgehead atoms. The lowest BCUT2D eigenvalue weighted by atomic mass is 9.96. The summed E-state index contributed by atoms with van der Waals surface area (Å²) in [5.74, 6) is 0.180. The Bertz CT molecular complexity index is 454. The fourth-order valence-corrected chi connectivity index (χ4v) is 2.82. The van der Waals surface area contributed by atoms with E-state index in [1.807, 2.05) is 0 Å². The third kappa shape index (κ3) is 4.12. The van der Waals surface area contributed by atoms with Gasteiger partial charge in [-0.1, -0.05) is 12.1 Å². The van der Waals surface area contributed by atoms with E-state index in [-0.39, 0.29) is 11.3 Å². The van der Waals surface area contributed by atoms with E-state index in [1.54, 1.807) is 18.2 Å². The first-order valence-electron chi connectivity index (χ1n) is 7.21. The van der Waals surface area contributed by atoms with Gasteiger partial charge in [0.05, 0.1) is 12.1 Å². The van der Waals surface area contributed by atoms with Gasteiger partial charge in [0.2, 0.25) is 0 Å². The lowest BCUT2D eigenvalue weighted by Gasteiger charge is -2.32. The Balaban J connectivity index is 1.84. The highest BCUT2D eigenvalue weighted by Crippen LogP contribution is 2.18. The lowest BCUT2D eigenvalue weighted by molar-refractivity contribution is 0.0882. The van der Waals surface area contributed by atoms with Crippen LogP contribution in [0.3, 0.4) is 0 Å². The van der Waals surface area contributed by atoms with Crippen LogP contribution in [-0.4, -0.2) is 55.9 Å². The van der Waals surface area contributed by atoms with Crippen LogP contribution in [0.15, 0.2) is 24.3 Å². The molecule has 1 aromatic carbocycles. The summed E-state index contributed by atoms with van der Waals surface area (Å²) in [5, 5.41) is 0. The molecule has 0 atom stereocenters. The normalized spacial score (nSPS) is 17.6. The van der Waals surface area contributed by atoms with Crippen molar-refractivity contribution in [2.45, 2.75) is 12.8 Å². The lowest BCUT2D eigenvalue weighted by Crippen LogP contribution is -2.39. The van der Waals surface area contributed by atoms with E-state index in [0.29, 0.717) is 12.5 Å². The van der Waals surface area contributed by atoms with Crippen molar-refractivity contribution in [3.05, 3.63) is 35.6 Å². The van der Waals surface area contributed by atoms with Gasteiger partial charge in [0, 0.05) is 6.54 Å². The summed E-state index contributed by atoms with van der Waals surface area (Å²) in [5.41, 5.74) is 0.211. The third-order valence-corrected chi connectivity index (χ3v) is 3.87. The first-order valence-corrected chi connectivity index (χ1v) is 7.21. The van der Waals surface area contributed by atoms with Gasteiger partial charge >= 0.3 is 0 Å². The van der Waals surface area contributed by atoms with E-state index in [0.717, 1.165) is 32.5 Å². The number of halogens is 1. The van der Waals surface area contributed by atoms with Crippen molar-refractivity contribution in [3.63, 3.8) is 0 Å². The number of ketones is 1. The summed E-state index contributed by atoms with van der Waals surface area (Å²) in [4.78, 5) is 16.5. The fraction of sp³-hybridized carbons (Fsp3) is 0.562. The standard InChI is InChI=1S/C16H23FN2O/c1-18(2)11-13-7-9-19(10-8-13)12-16(20)14-5-3-4-6-15(14)17/h3-6,13H,7-12H2,1-2H3. The number of likely N-dealkylation sites (tertiary alicyclic amines) is 1. The van der Waals surface area contributed by atoms with Gasteiger partial charge in [-0.25, -0.2) is 4.39 Å². The van der Waals surface area contributed by atoms with Crippen molar-refractivity contribution in [1.29, 1.82) is 0 Å². The van der Waals surface area contributed by atoms with Crippen molar-refractivity contribution in [2.24, 2.45) is 5.92 Å². The van der Waals surface area contributed by atoms with Crippen LogP contribution in [0.1, 0.15) is 23.2 Å². The molecule has 2 rings (SSSR count). The predicted molar refractivity (Wildman–Crippen MR) is 78.4 cm³/mol. The zero-order valence-corrected chi connectivity index (χ0v) is 12.3. The molecule has 4 heteroatoms. The van der Waals surface area contributed by atoms with Crippen molar-refractivity contribution < 1.29 is 9.18 Å². The molecule has 0 N–H and O–H groups in total. The summed E-state index contributed by atoms with van der Waals surface area (Å²) in [6.07, 6.45) is 2.23. The molecule has 20 heavy (non-hydrogen) atoms. The Morgan fingerprint density at radius 1 is 1.30 bits per heavy atom. The first-order chi connectivity index (χ1) is 9.56. The SMILES string of the molecule is CN(C)CC1CCN(CC(=O)c2ccccc2F)CC1. The summed E-state index contributed by atoms with van der Waals surface area (Å²) in [7, 11) is 4.18. The topological polar surface area (TPSA) is 23.6 Å². The van der Waals surface area contributed by atoms with Gasteiger partial charge in [-0.15, -0.1) is 0 Å². The molecule has 0 amide bonds. The Labute approximate surface area is 120 Å². The number of rotatable bonds is 5. The average Bonchev–Trinajstić information content (AvgIpc) is 2.41. The Kier molecular flexibility index (Phi) is 5.26. The molecular formula is C16H23FN2O. The fourth-order valence-electron chi connectivity index (χ4n) is 2.82. The van der Waals surface area contributed by atoms with E-state index in [2.05, 4.69) is 23.9 Å². The molecule has 1 saturated heterocycles. The van der Waals surface area contributed by atoms with E-state index in [4.69, 9.17) is 0 Å². The monoisotopic (exact) mass is 278 g/mol. The first kappa shape index (κ1) is 15.1. The average molecular weight is 278 g/mol. The van der Waals surface area contributed by atoms with Crippen LogP contribution in [0, 0.1) is 11.7 Å². The molecular weight excluding hydrogens is 255 g/mol. The van der Waals surface area contributed by atoms with E-state index >= 15 is 0 Å². The molecule has 0 aliphatic carbocycles. The molecule has 1 aliphatic rings. The summed E-state index contributed by atoms with van der Waals surface area (Å²) < 4.78 is 13.6. The van der Waals surface area contributed by atoms with Crippen LogP contribution in [0.25, 0.3) is 0 Å². The second-order valence-electron chi connectivity index (χ2n) is 5.88. The molecule has 0 saturated carbocycles. The third-order valence-electron chi connectivity index (χ3n) is 3.87. The van der Waals surface area contributed by atoms with Gasteiger partial charge in [0.25, 0.3) is 0 Å². The van der Waals surface area contributed by atoms with Crippen molar-refractivity contribution in [3.8, 4) is 0 Å². The molecule has 0 spiro atoms. The Hall–Kier alpha value is -1.26. The quantitative estimate of drug-likeness (QED) is 0.772. The van der Waals surface area contributed by atoms with Crippen LogP contribution in [-0.2, 0) is 0 Å². The van der Waals surface area contributed by atoms with Crippen molar-refractivity contribution >= 4 is 5.78 Å². The molecule has 1 aliphatic heterocycles. The van der Waals surface area contributed by atoms with Crippen LogP contribution in [0.5, 0.6) is 0 Å². The molecule has 1 aromatic rings. The molecule has 0 unspecified atom stereocenters. The number of nitrogens with zero attached hydrogens (tertiary/aromatic N) is 2.